The van der Waals surface area contributed by atoms with Gasteiger partial charge in [0.2, 0.25) is 0 Å². The number of carbonyl (C=O) groups is 2. The van der Waals surface area contributed by atoms with Crippen molar-refractivity contribution in [1.29, 1.82) is 0 Å². The lowest BCUT2D eigenvalue weighted by Crippen LogP contribution is -2.42. The zero-order valence-electron chi connectivity index (χ0n) is 20.0. The van der Waals surface area contributed by atoms with Crippen molar-refractivity contribution in [3.05, 3.63) is 52.0 Å². The van der Waals surface area contributed by atoms with Crippen molar-refractivity contribution < 1.29 is 55.6 Å². The Bertz CT molecular complexity index is 1010. The normalized spacial score (nSPS) is 21.4. The van der Waals surface area contributed by atoms with Gasteiger partial charge in [-0.15, -0.1) is 11.3 Å². The molecule has 1 saturated heterocycles. The quantitative estimate of drug-likeness (QED) is 0.498. The number of fused-ring (bicyclic) bond motifs is 2. The summed E-state index contributed by atoms with van der Waals surface area (Å²) < 4.78 is 75.9. The van der Waals surface area contributed by atoms with Gasteiger partial charge in [0.05, 0.1) is 25.4 Å². The minimum atomic E-state index is -5.08. The molecule has 0 amide bonds. The summed E-state index contributed by atoms with van der Waals surface area (Å²) in [7, 11) is 0. The van der Waals surface area contributed by atoms with Crippen LogP contribution in [0.4, 0.5) is 26.3 Å². The highest BCUT2D eigenvalue weighted by molar-refractivity contribution is 7.10. The summed E-state index contributed by atoms with van der Waals surface area (Å²) in [5, 5.41) is 16.4. The van der Waals surface area contributed by atoms with Crippen LogP contribution in [0.25, 0.3) is 0 Å². The molecule has 38 heavy (non-hydrogen) atoms. The van der Waals surface area contributed by atoms with E-state index in [0.717, 1.165) is 32.5 Å². The molecule has 2 aromatic rings. The molecule has 4 rings (SSSR count). The SMILES string of the molecule is Cc1ccsc1CN1CCOC2CCC1C2OCc1ccncc1.O=C(O)C(F)(F)F.O=C(O)C(F)(F)F. The first kappa shape index (κ1) is 31.5. The van der Waals surface area contributed by atoms with Crippen molar-refractivity contribution in [2.45, 2.75) is 63.5 Å². The number of carboxylic acids is 2. The molecule has 1 aliphatic heterocycles. The molecule has 2 aliphatic rings. The summed E-state index contributed by atoms with van der Waals surface area (Å²) in [5.41, 5.74) is 2.57. The molecule has 2 N–H and O–H groups in total. The van der Waals surface area contributed by atoms with Crippen molar-refractivity contribution >= 4 is 23.3 Å². The summed E-state index contributed by atoms with van der Waals surface area (Å²) in [6, 6.07) is 6.71. The van der Waals surface area contributed by atoms with Gasteiger partial charge >= 0.3 is 24.3 Å². The van der Waals surface area contributed by atoms with E-state index in [1.165, 1.54) is 16.0 Å². The minimum absolute atomic E-state index is 0.168. The predicted octanol–water partition coefficient (Wildman–Crippen LogP) is 4.67. The minimum Gasteiger partial charge on any atom is -0.475 e. The molecule has 2 aromatic heterocycles. The van der Waals surface area contributed by atoms with E-state index in [1.54, 1.807) is 0 Å². The van der Waals surface area contributed by atoms with Crippen LogP contribution in [0.1, 0.15) is 28.8 Å². The van der Waals surface area contributed by atoms with E-state index >= 15 is 0 Å². The number of rotatable bonds is 5. The fourth-order valence-corrected chi connectivity index (χ4v) is 4.73. The van der Waals surface area contributed by atoms with E-state index < -0.39 is 24.3 Å². The third-order valence-electron chi connectivity index (χ3n) is 5.66. The summed E-state index contributed by atoms with van der Waals surface area (Å²) in [6.45, 7) is 5.65. The standard InChI is InChI=1S/C19H24N2O2S.2C2HF3O2/c1-14-6-11-24-18(14)12-21-9-10-22-17-3-2-16(21)19(17)23-13-15-4-7-20-8-5-15;2*3-2(4,5)1(6)7/h4-8,11,16-17,19H,2-3,9-10,12-13H2,1H3;2*(H,6,7). The van der Waals surface area contributed by atoms with Gasteiger partial charge in [0.1, 0.15) is 0 Å². The first-order valence-electron chi connectivity index (χ1n) is 11.2. The largest absolute Gasteiger partial charge is 0.490 e. The van der Waals surface area contributed by atoms with Crippen molar-refractivity contribution in [3.63, 3.8) is 0 Å². The fraction of sp³-hybridized carbons (Fsp3) is 0.522. The van der Waals surface area contributed by atoms with Crippen molar-refractivity contribution in [3.8, 4) is 0 Å². The number of hydrogen-bond acceptors (Lipinski definition) is 7. The van der Waals surface area contributed by atoms with E-state index in [4.69, 9.17) is 29.3 Å². The summed E-state index contributed by atoms with van der Waals surface area (Å²) in [5.74, 6) is -5.51. The summed E-state index contributed by atoms with van der Waals surface area (Å²) in [6.07, 6.45) is -3.85. The van der Waals surface area contributed by atoms with Crippen LogP contribution in [0.3, 0.4) is 0 Å². The predicted molar refractivity (Wildman–Crippen MR) is 122 cm³/mol. The number of thiophene rings is 1. The van der Waals surface area contributed by atoms with Gasteiger partial charge in [-0.25, -0.2) is 9.59 Å². The number of aliphatic carboxylic acids is 2. The van der Waals surface area contributed by atoms with Gasteiger partial charge in [-0.1, -0.05) is 0 Å². The molecular weight excluding hydrogens is 546 g/mol. The van der Waals surface area contributed by atoms with Crippen LogP contribution in [-0.2, 0) is 32.2 Å². The number of hydrogen-bond donors (Lipinski definition) is 2. The molecule has 15 heteroatoms. The van der Waals surface area contributed by atoms with Gasteiger partial charge in [0.15, 0.2) is 0 Å². The maximum Gasteiger partial charge on any atom is 0.490 e. The smallest absolute Gasteiger partial charge is 0.475 e. The molecule has 1 aliphatic carbocycles. The van der Waals surface area contributed by atoms with E-state index in [-0.39, 0.29) is 12.2 Å². The van der Waals surface area contributed by atoms with Gasteiger partial charge in [-0.2, -0.15) is 26.3 Å². The molecular formula is C23H26F6N2O6S. The lowest BCUT2D eigenvalue weighted by atomic mass is 10.1. The highest BCUT2D eigenvalue weighted by Crippen LogP contribution is 2.34. The van der Waals surface area contributed by atoms with E-state index in [9.17, 15) is 26.3 Å². The zero-order chi connectivity index (χ0) is 28.5. The molecule has 1 saturated carbocycles. The first-order chi connectivity index (χ1) is 17.7. The Balaban J connectivity index is 0.000000301. The average molecular weight is 573 g/mol. The lowest BCUT2D eigenvalue weighted by molar-refractivity contribution is -0.193. The highest BCUT2D eigenvalue weighted by Gasteiger charge is 2.43. The van der Waals surface area contributed by atoms with Gasteiger partial charge < -0.3 is 19.7 Å². The zero-order valence-corrected chi connectivity index (χ0v) is 20.9. The third kappa shape index (κ3) is 9.85. The number of ether oxygens (including phenoxy) is 2. The maximum atomic E-state index is 10.6. The van der Waals surface area contributed by atoms with E-state index in [1.807, 2.05) is 35.9 Å². The third-order valence-corrected chi connectivity index (χ3v) is 6.67. The summed E-state index contributed by atoms with van der Waals surface area (Å²) >= 11 is 1.86. The maximum absolute atomic E-state index is 10.6. The number of aromatic nitrogens is 1. The van der Waals surface area contributed by atoms with Crippen LogP contribution in [0, 0.1) is 6.92 Å². The molecule has 8 nitrogen and oxygen atoms in total. The van der Waals surface area contributed by atoms with Crippen LogP contribution in [-0.4, -0.2) is 75.8 Å². The Morgan fingerprint density at radius 1 is 1.08 bits per heavy atom. The molecule has 2 bridgehead atoms. The monoisotopic (exact) mass is 572 g/mol. The van der Waals surface area contributed by atoms with Crippen molar-refractivity contribution in [2.24, 2.45) is 0 Å². The van der Waals surface area contributed by atoms with Gasteiger partial charge in [-0.3, -0.25) is 9.88 Å². The molecule has 3 unspecified atom stereocenters. The molecule has 3 heterocycles. The Morgan fingerprint density at radius 3 is 2.16 bits per heavy atom. The van der Waals surface area contributed by atoms with Crippen LogP contribution in [0.5, 0.6) is 0 Å². The summed E-state index contributed by atoms with van der Waals surface area (Å²) in [4.78, 5) is 25.9. The van der Waals surface area contributed by atoms with Gasteiger partial charge in [0, 0.05) is 36.4 Å². The number of halogens is 6. The average Bonchev–Trinajstić information content (AvgIpc) is 3.37. The second-order valence-electron chi connectivity index (χ2n) is 8.29. The van der Waals surface area contributed by atoms with Crippen molar-refractivity contribution in [2.75, 3.05) is 13.2 Å². The van der Waals surface area contributed by atoms with Crippen LogP contribution in [0.15, 0.2) is 36.0 Å². The molecule has 0 aromatic carbocycles. The van der Waals surface area contributed by atoms with Crippen LogP contribution in [0.2, 0.25) is 0 Å². The number of nitrogens with zero attached hydrogens (tertiary/aromatic N) is 2. The highest BCUT2D eigenvalue weighted by atomic mass is 32.1. The number of pyridine rings is 1. The van der Waals surface area contributed by atoms with Crippen molar-refractivity contribution in [1.82, 2.24) is 9.88 Å². The Hall–Kier alpha value is -2.75. The topological polar surface area (TPSA) is 109 Å². The van der Waals surface area contributed by atoms with Gasteiger partial charge in [-0.05, 0) is 54.5 Å². The Labute approximate surface area is 217 Å². The molecule has 0 spiro atoms. The fourth-order valence-electron chi connectivity index (χ4n) is 3.80. The molecule has 2 fully saturated rings. The van der Waals surface area contributed by atoms with E-state index in [0.29, 0.717) is 12.6 Å². The Morgan fingerprint density at radius 2 is 1.66 bits per heavy atom. The van der Waals surface area contributed by atoms with Crippen LogP contribution >= 0.6 is 11.3 Å². The molecule has 212 valence electrons. The van der Waals surface area contributed by atoms with Crippen LogP contribution < -0.4 is 0 Å². The molecule has 0 radical (unpaired) electrons. The second-order valence-corrected chi connectivity index (χ2v) is 9.29. The lowest BCUT2D eigenvalue weighted by Gasteiger charge is -2.31. The number of alkyl halides is 6. The molecule has 3 atom stereocenters. The Kier molecular flexibility index (Phi) is 11.5. The first-order valence-corrected chi connectivity index (χ1v) is 12.1. The number of aryl methyl sites for hydroxylation is 1. The van der Waals surface area contributed by atoms with E-state index in [2.05, 4.69) is 28.3 Å². The number of carboxylic acid groups (broad SMARTS) is 2. The van der Waals surface area contributed by atoms with Gasteiger partial charge in [0.25, 0.3) is 0 Å². The second kappa shape index (κ2) is 13.9.